The molecule has 17 rings (SSSR count). The van der Waals surface area contributed by atoms with Gasteiger partial charge in [0, 0.05) is 116 Å². The summed E-state index contributed by atoms with van der Waals surface area (Å²) in [7, 11) is -5.29. The Labute approximate surface area is 797 Å². The van der Waals surface area contributed by atoms with Crippen molar-refractivity contribution in [1.82, 2.24) is 40.3 Å². The largest absolute Gasteiger partial charge is 0.744 e. The number of Topliss-reactive ketones (excluding diaryl/α,β-unsaturated/α-hetero) is 3. The van der Waals surface area contributed by atoms with Crippen LogP contribution in [-0.2, 0) is 50.3 Å². The van der Waals surface area contributed by atoms with Crippen molar-refractivity contribution in [2.24, 2.45) is 5.90 Å². The van der Waals surface area contributed by atoms with E-state index in [1.807, 2.05) is 131 Å². The zero-order chi connectivity index (χ0) is 99.1. The van der Waals surface area contributed by atoms with Gasteiger partial charge in [0.15, 0.2) is 17.3 Å². The normalized spacial score (nSPS) is 13.3. The molecule has 3 fully saturated rings. The summed E-state index contributed by atoms with van der Waals surface area (Å²) in [5.41, 5.74) is 20.9. The molecule has 4 heterocycles. The third kappa shape index (κ3) is 25.9. The predicted octanol–water partition coefficient (Wildman–Crippen LogP) is 19.6. The van der Waals surface area contributed by atoms with Crippen molar-refractivity contribution in [1.29, 1.82) is 0 Å². The van der Waals surface area contributed by atoms with Crippen molar-refractivity contribution in [3.63, 3.8) is 0 Å². The van der Waals surface area contributed by atoms with Gasteiger partial charge in [0.1, 0.15) is 49.7 Å². The highest BCUT2D eigenvalue weighted by molar-refractivity contribution is 7.86. The van der Waals surface area contributed by atoms with Crippen molar-refractivity contribution in [3.8, 4) is 56.5 Å². The molecule has 0 bridgehead atoms. The van der Waals surface area contributed by atoms with Crippen molar-refractivity contribution in [2.45, 2.75) is 173 Å². The highest BCUT2D eigenvalue weighted by Gasteiger charge is 2.48. The molecule has 10 aromatic carbocycles. The third-order valence-corrected chi connectivity index (χ3v) is 26.7. The van der Waals surface area contributed by atoms with Crippen LogP contribution in [0.25, 0.3) is 50.2 Å². The lowest BCUT2D eigenvalue weighted by atomic mass is 9.87. The van der Waals surface area contributed by atoms with E-state index in [1.165, 1.54) is 69.6 Å². The number of nitrogens with two attached hydrogens (primary N) is 2. The van der Waals surface area contributed by atoms with Crippen LogP contribution in [0.2, 0.25) is 0 Å². The number of carbonyl (C=O) groups excluding carboxylic acids is 6. The number of aromatic nitrogens is 7. The molecule has 24 nitrogen and oxygen atoms in total. The number of imide groups is 1. The van der Waals surface area contributed by atoms with Gasteiger partial charge < -0.3 is 14.6 Å². The summed E-state index contributed by atoms with van der Waals surface area (Å²) in [4.78, 5) is 77.8. The number of hydrogen-bond acceptors (Lipinski definition) is 20. The monoisotopic (exact) mass is 1880 g/mol. The van der Waals surface area contributed by atoms with Crippen molar-refractivity contribution in [2.75, 3.05) is 19.9 Å². The van der Waals surface area contributed by atoms with Crippen LogP contribution in [0, 0.1) is 85.8 Å². The van der Waals surface area contributed by atoms with Crippen LogP contribution in [0.5, 0.6) is 0 Å². The lowest BCUT2D eigenvalue weighted by Gasteiger charge is -2.22. The average Bonchev–Trinajstić information content (AvgIpc) is 1.63. The summed E-state index contributed by atoms with van der Waals surface area (Å²) < 4.78 is 92.0. The molecular weight excluding hydrogens is 1770 g/mol. The molecule has 0 spiro atoms. The number of nitrogens with zero attached hydrogens (tertiary/aromatic N) is 8. The molecule has 28 heteroatoms. The zero-order valence-corrected chi connectivity index (χ0v) is 80.5. The van der Waals surface area contributed by atoms with Crippen molar-refractivity contribution >= 4 is 61.0 Å². The highest BCUT2D eigenvalue weighted by Crippen LogP contribution is 2.54. The summed E-state index contributed by atoms with van der Waals surface area (Å²) in [6, 6.07) is 72.6. The smallest absolute Gasteiger partial charge is 0.417 e. The quantitative estimate of drug-likeness (QED) is 0.0159. The average molecular weight is 1880 g/mol. The van der Waals surface area contributed by atoms with Crippen molar-refractivity contribution < 1.29 is 72.7 Å². The number of hydrogen-bond donors (Lipinski definition) is 3. The molecule has 14 aromatic rings. The highest BCUT2D eigenvalue weighted by atomic mass is 32.2. The third-order valence-electron chi connectivity index (χ3n) is 24.2. The zero-order valence-electron chi connectivity index (χ0n) is 78.9. The molecule has 0 atom stereocenters. The molecule has 4 aromatic heterocycles. The maximum atomic E-state index is 13.5. The molecule has 0 saturated heterocycles. The number of nitrogen functional groups attached to an aromatic ring is 1. The van der Waals surface area contributed by atoms with Crippen LogP contribution >= 0.6 is 0 Å². The van der Waals surface area contributed by atoms with E-state index in [0.29, 0.717) is 75.0 Å². The van der Waals surface area contributed by atoms with Gasteiger partial charge in [-0.25, -0.2) is 26.9 Å². The van der Waals surface area contributed by atoms with Crippen LogP contribution in [0.3, 0.4) is 0 Å². The van der Waals surface area contributed by atoms with Gasteiger partial charge in [-0.2, -0.15) is 44.4 Å². The number of halogens is 2. The molecular formula is C109H109F2N11O13S2. The van der Waals surface area contributed by atoms with Gasteiger partial charge in [0.05, 0.1) is 29.0 Å². The molecule has 0 radical (unpaired) electrons. The van der Waals surface area contributed by atoms with E-state index < -0.39 is 37.8 Å². The molecule has 704 valence electrons. The summed E-state index contributed by atoms with van der Waals surface area (Å²) in [6.45, 7) is 21.6. The van der Waals surface area contributed by atoms with Crippen LogP contribution in [-0.4, -0.2) is 111 Å². The Morgan fingerprint density at radius 2 is 0.927 bits per heavy atom. The summed E-state index contributed by atoms with van der Waals surface area (Å²) >= 11 is 0. The topological polar surface area (TPSA) is 352 Å². The van der Waals surface area contributed by atoms with Gasteiger partial charge in [-0.15, -0.1) is 5.10 Å². The first-order valence-corrected chi connectivity index (χ1v) is 47.2. The Morgan fingerprint density at radius 3 is 1.31 bits per heavy atom. The lowest BCUT2D eigenvalue weighted by molar-refractivity contribution is -0.700. The van der Waals surface area contributed by atoms with E-state index in [4.69, 9.17) is 16.5 Å². The van der Waals surface area contributed by atoms with E-state index in [-0.39, 0.29) is 60.9 Å². The molecule has 3 aliphatic carbocycles. The maximum absolute atomic E-state index is 13.5. The standard InChI is InChI=1S/C32H27FN4O2.C22H22N3O.C22H20N2O.C15H16FNO3.C9H13NO3S.C9H12O3S/c1-20-8-9-22(28(38)18-32(14-15-32)24-6-4-3-5-7-24)16-26(20)23-17-27-29(31(39)34-2)30(36-37(27)35-19-23)21-10-12-25(33)13-11-21;1-16-7-8-17(13-20(16)18-9-12-25(23)24-15-18)21(26)14-22(10-11-22)19-5-3-2-4-6-19;1-16-7-8-17(13-20(16)18-9-12-23-24-15-18)21(25)14-22(10-11-22)19-5-3-2-4-6-19;1-15(2,3)20-14(19)17(4)13(18)10-7-11-5-8-12(16)9-6-11;1-6-4-7(2)9(8(3)5-6)14(11,12)13-10;1-6-4-7(2)9(8(3)5-6)13(10,11)12/h3-13,16-17,19H,14-15,18H2,1-2H3,(H,34,39);2-9,12-13,15H,10-11,14H2,1H3,(H2,23,24);2-9,12-13,15H,10-11,14H2,1H3;5-6,8-9H,1-4H3;4-5H,10H2,1-3H3;4-5H,1-3H3,(H,10,11,12)/q;+1;;;;/p-1. The summed E-state index contributed by atoms with van der Waals surface area (Å²) in [5.74, 6) is 13.9. The Hall–Kier alpha value is -14.6. The maximum Gasteiger partial charge on any atom is 0.417 e. The number of ketones is 3. The van der Waals surface area contributed by atoms with Gasteiger partial charge in [-0.05, 0) is 273 Å². The van der Waals surface area contributed by atoms with Crippen LogP contribution < -0.4 is 21.8 Å². The number of rotatable bonds is 20. The SMILES string of the molecule is CN(C(=O)C#Cc1ccc(F)cc1)C(=O)OC(C)(C)C.CNC(=O)c1c(-c2ccc(F)cc2)nn2ncc(-c3cc(C(=O)CC4(c5ccccc5)CC4)ccc3C)cc12.Cc1cc(C)c(S(=O)(=O)ON)c(C)c1.Cc1cc(C)c(S(=O)(=O)[O-])c(C)c1.Cc1ccc(C(=O)CC2(c3ccccc3)CC2)cc1-c1cc[n+](N)nc1.Cc1ccc(C(=O)CC2(c3ccccc3)CC2)cc1-c1ccnnc1. The first-order chi connectivity index (χ1) is 65.0. The van der Waals surface area contributed by atoms with Crippen LogP contribution in [0.15, 0.2) is 277 Å². The Kier molecular flexibility index (Phi) is 32.1. The molecule has 0 aliphatic heterocycles. The van der Waals surface area contributed by atoms with Gasteiger partial charge in [-0.3, -0.25) is 24.0 Å². The Morgan fingerprint density at radius 1 is 0.511 bits per heavy atom. The molecule has 3 saturated carbocycles. The number of benzene rings is 10. The predicted molar refractivity (Wildman–Crippen MR) is 522 cm³/mol. The van der Waals surface area contributed by atoms with E-state index in [2.05, 4.69) is 115 Å². The minimum absolute atomic E-state index is 0.0305. The number of carbonyl (C=O) groups is 6. The first-order valence-electron chi connectivity index (χ1n) is 44.4. The summed E-state index contributed by atoms with van der Waals surface area (Å²) in [5, 5.41) is 23.6. The molecule has 137 heavy (non-hydrogen) atoms. The number of nitrogens with one attached hydrogen (secondary N) is 1. The molecule has 3 amide bonds. The number of amides is 3. The van der Waals surface area contributed by atoms with Gasteiger partial charge in [0.2, 0.25) is 6.20 Å². The number of aryl methyl sites for hydroxylation is 9. The second kappa shape index (κ2) is 43.4. The number of fused-ring (bicyclic) bond motifs is 1. The fourth-order valence-electron chi connectivity index (χ4n) is 16.6. The second-order valence-corrected chi connectivity index (χ2v) is 38.7. The fourth-order valence-corrected chi connectivity index (χ4v) is 18.5. The minimum atomic E-state index is -4.33. The van der Waals surface area contributed by atoms with E-state index in [1.54, 1.807) is 123 Å². The van der Waals surface area contributed by atoms with Crippen molar-refractivity contribution in [3.05, 3.63) is 374 Å². The van der Waals surface area contributed by atoms with Gasteiger partial charge in [-0.1, -0.05) is 169 Å². The second-order valence-electron chi connectivity index (χ2n) is 35.8. The fraction of sp³-hybridized carbons (Fsp3) is 0.248. The Balaban J connectivity index is 0.000000154. The molecule has 5 N–H and O–H groups in total. The molecule has 0 unspecified atom stereocenters. The molecule has 3 aliphatic rings. The van der Waals surface area contributed by atoms with E-state index >= 15 is 0 Å². The van der Waals surface area contributed by atoms with E-state index in [0.717, 1.165) is 116 Å². The van der Waals surface area contributed by atoms with Crippen LogP contribution in [0.1, 0.15) is 192 Å². The van der Waals surface area contributed by atoms with Gasteiger partial charge >= 0.3 is 22.1 Å². The van der Waals surface area contributed by atoms with E-state index in [9.17, 15) is 58.9 Å². The Bertz CT molecular complexity index is 7080. The lowest BCUT2D eigenvalue weighted by Crippen LogP contribution is -2.47. The van der Waals surface area contributed by atoms with Gasteiger partial charge in [0.25, 0.3) is 5.91 Å². The van der Waals surface area contributed by atoms with Crippen LogP contribution in [0.4, 0.5) is 13.6 Å². The minimum Gasteiger partial charge on any atom is -0.744 e. The summed E-state index contributed by atoms with van der Waals surface area (Å²) in [6.07, 6.45) is 15.8. The first kappa shape index (κ1) is 101. The number of ether oxygens (including phenoxy) is 1.